The normalized spacial score (nSPS) is 16.1. The molecule has 1 fully saturated rings. The number of anilines is 1. The number of para-hydroxylation sites is 1. The van der Waals surface area contributed by atoms with E-state index >= 15 is 0 Å². The highest BCUT2D eigenvalue weighted by Gasteiger charge is 2.17. The van der Waals surface area contributed by atoms with E-state index in [1.165, 1.54) is 0 Å². The number of hydrogen-bond acceptors (Lipinski definition) is 5. The zero-order valence-corrected chi connectivity index (χ0v) is 21.2. The lowest BCUT2D eigenvalue weighted by molar-refractivity contribution is 0.0529. The smallest absolute Gasteiger partial charge is 0.191 e. The summed E-state index contributed by atoms with van der Waals surface area (Å²) in [6, 6.07) is 12.1. The molecular formula is C24H34IN5O2. The molecule has 1 aromatic carbocycles. The minimum absolute atomic E-state index is 0. The molecule has 2 heterocycles. The van der Waals surface area contributed by atoms with Gasteiger partial charge in [0.25, 0.3) is 0 Å². The van der Waals surface area contributed by atoms with Crippen LogP contribution in [-0.4, -0.2) is 49.9 Å². The summed E-state index contributed by atoms with van der Waals surface area (Å²) < 4.78 is 11.3. The Morgan fingerprint density at radius 3 is 2.88 bits per heavy atom. The number of aromatic nitrogens is 1. The Hall–Kier alpha value is -2.33. The zero-order chi connectivity index (χ0) is 21.9. The minimum atomic E-state index is 0. The van der Waals surface area contributed by atoms with Crippen LogP contribution in [0.3, 0.4) is 0 Å². The van der Waals surface area contributed by atoms with Crippen molar-refractivity contribution in [3.8, 4) is 5.75 Å². The van der Waals surface area contributed by atoms with Gasteiger partial charge in [0, 0.05) is 37.9 Å². The summed E-state index contributed by atoms with van der Waals surface area (Å²) in [6.07, 6.45) is 3.89. The van der Waals surface area contributed by atoms with E-state index in [1.54, 1.807) is 6.08 Å². The number of pyridine rings is 1. The summed E-state index contributed by atoms with van der Waals surface area (Å²) in [5.74, 6) is 2.60. The molecule has 1 aliphatic heterocycles. The average Bonchev–Trinajstić information content (AvgIpc) is 2.80. The maximum atomic E-state index is 5.74. The molecule has 8 heteroatoms. The summed E-state index contributed by atoms with van der Waals surface area (Å²) in [5, 5.41) is 6.68. The maximum absolute atomic E-state index is 5.74. The van der Waals surface area contributed by atoms with Crippen LogP contribution in [0, 0.1) is 0 Å². The molecule has 2 N–H and O–H groups in total. The third-order valence-corrected chi connectivity index (χ3v) is 4.91. The van der Waals surface area contributed by atoms with Gasteiger partial charge in [-0.25, -0.2) is 9.98 Å². The molecule has 2 aromatic rings. The molecule has 1 unspecified atom stereocenters. The van der Waals surface area contributed by atoms with Crippen molar-refractivity contribution in [1.82, 2.24) is 15.6 Å². The minimum Gasteiger partial charge on any atom is -0.489 e. The highest BCUT2D eigenvalue weighted by atomic mass is 127. The molecule has 0 bridgehead atoms. The van der Waals surface area contributed by atoms with Crippen molar-refractivity contribution in [3.05, 3.63) is 66.4 Å². The van der Waals surface area contributed by atoms with Gasteiger partial charge in [-0.3, -0.25) is 0 Å². The topological polar surface area (TPSA) is 71.0 Å². The summed E-state index contributed by atoms with van der Waals surface area (Å²) in [5.41, 5.74) is 2.14. The number of hydrogen-bond donors (Lipinski definition) is 2. The molecular weight excluding hydrogens is 517 g/mol. The van der Waals surface area contributed by atoms with Crippen molar-refractivity contribution < 1.29 is 9.47 Å². The molecule has 1 saturated heterocycles. The van der Waals surface area contributed by atoms with Crippen LogP contribution in [0.4, 0.5) is 5.82 Å². The van der Waals surface area contributed by atoms with Gasteiger partial charge < -0.3 is 25.0 Å². The number of ether oxygens (including phenoxy) is 2. The molecule has 1 aromatic heterocycles. The van der Waals surface area contributed by atoms with Gasteiger partial charge in [-0.05, 0) is 31.5 Å². The first kappa shape index (κ1) is 25.9. The molecule has 0 aliphatic carbocycles. The predicted molar refractivity (Wildman–Crippen MR) is 141 cm³/mol. The van der Waals surface area contributed by atoms with Crippen molar-refractivity contribution in [3.63, 3.8) is 0 Å². The fraction of sp³-hybridized carbons (Fsp3) is 0.417. The van der Waals surface area contributed by atoms with Crippen molar-refractivity contribution in [2.75, 3.05) is 37.7 Å². The Balaban J connectivity index is 0.00000363. The van der Waals surface area contributed by atoms with Gasteiger partial charge in [-0.1, -0.05) is 36.9 Å². The molecule has 0 amide bonds. The van der Waals surface area contributed by atoms with E-state index in [2.05, 4.69) is 53.1 Å². The van der Waals surface area contributed by atoms with Gasteiger partial charge in [0.1, 0.15) is 18.2 Å². The van der Waals surface area contributed by atoms with E-state index in [4.69, 9.17) is 14.5 Å². The highest BCUT2D eigenvalue weighted by molar-refractivity contribution is 14.0. The first-order valence-corrected chi connectivity index (χ1v) is 10.8. The van der Waals surface area contributed by atoms with E-state index in [0.717, 1.165) is 54.9 Å². The maximum Gasteiger partial charge on any atom is 0.191 e. The van der Waals surface area contributed by atoms with E-state index in [1.807, 2.05) is 30.5 Å². The summed E-state index contributed by atoms with van der Waals surface area (Å²) in [6.45, 7) is 12.8. The lowest BCUT2D eigenvalue weighted by Gasteiger charge is -2.32. The van der Waals surface area contributed by atoms with E-state index < -0.39 is 0 Å². The van der Waals surface area contributed by atoms with Gasteiger partial charge in [-0.15, -0.1) is 24.0 Å². The quantitative estimate of drug-likeness (QED) is 0.214. The number of rotatable bonds is 9. The number of nitrogens with one attached hydrogen (secondary N) is 2. The molecule has 32 heavy (non-hydrogen) atoms. The number of morpholine rings is 1. The zero-order valence-electron chi connectivity index (χ0n) is 18.9. The average molecular weight is 551 g/mol. The second kappa shape index (κ2) is 13.9. The SMILES string of the molecule is C=CCOc1ccccc1CNC(=NCc1ccc(N2CCOC(C)C2)nc1)NCC.I. The second-order valence-corrected chi connectivity index (χ2v) is 7.41. The fourth-order valence-corrected chi connectivity index (χ4v) is 3.35. The third-order valence-electron chi connectivity index (χ3n) is 4.91. The van der Waals surface area contributed by atoms with Crippen LogP contribution in [0.2, 0.25) is 0 Å². The number of benzene rings is 1. The second-order valence-electron chi connectivity index (χ2n) is 7.41. The Morgan fingerprint density at radius 1 is 1.31 bits per heavy atom. The summed E-state index contributed by atoms with van der Waals surface area (Å²) in [7, 11) is 0. The molecule has 1 aliphatic rings. The molecule has 3 rings (SSSR count). The summed E-state index contributed by atoms with van der Waals surface area (Å²) in [4.78, 5) is 11.6. The molecule has 0 saturated carbocycles. The van der Waals surface area contributed by atoms with Crippen LogP contribution in [0.15, 0.2) is 60.2 Å². The van der Waals surface area contributed by atoms with Crippen LogP contribution in [0.1, 0.15) is 25.0 Å². The number of guanidine groups is 1. The monoisotopic (exact) mass is 551 g/mol. The van der Waals surface area contributed by atoms with E-state index in [-0.39, 0.29) is 30.1 Å². The van der Waals surface area contributed by atoms with Crippen LogP contribution in [-0.2, 0) is 17.8 Å². The van der Waals surface area contributed by atoms with Crippen molar-refractivity contribution in [1.29, 1.82) is 0 Å². The highest BCUT2D eigenvalue weighted by Crippen LogP contribution is 2.18. The Morgan fingerprint density at radius 2 is 2.16 bits per heavy atom. The Bertz CT molecular complexity index is 860. The van der Waals surface area contributed by atoms with Crippen LogP contribution in [0.5, 0.6) is 5.75 Å². The van der Waals surface area contributed by atoms with Crippen molar-refractivity contribution in [2.45, 2.75) is 33.0 Å². The molecule has 174 valence electrons. The lowest BCUT2D eigenvalue weighted by Crippen LogP contribution is -2.41. The molecule has 1 atom stereocenters. The standard InChI is InChI=1S/C24H33N5O2.HI/c1-4-13-31-22-9-7-6-8-21(22)17-28-24(25-5-2)27-16-20-10-11-23(26-15-20)29-12-14-30-19(3)18-29;/h4,6-11,15,19H,1,5,12-14,16-18H2,2-3H3,(H2,25,27,28);1H. The molecule has 7 nitrogen and oxygen atoms in total. The predicted octanol–water partition coefficient (Wildman–Crippen LogP) is 3.74. The van der Waals surface area contributed by atoms with Gasteiger partial charge >= 0.3 is 0 Å². The fourth-order valence-electron chi connectivity index (χ4n) is 3.35. The van der Waals surface area contributed by atoms with E-state index in [9.17, 15) is 0 Å². The number of halogens is 1. The summed E-state index contributed by atoms with van der Waals surface area (Å²) >= 11 is 0. The first-order chi connectivity index (χ1) is 15.2. The van der Waals surface area contributed by atoms with Crippen LogP contribution >= 0.6 is 24.0 Å². The van der Waals surface area contributed by atoms with Crippen molar-refractivity contribution in [2.24, 2.45) is 4.99 Å². The van der Waals surface area contributed by atoms with Gasteiger partial charge in [0.15, 0.2) is 5.96 Å². The van der Waals surface area contributed by atoms with Crippen LogP contribution in [0.25, 0.3) is 0 Å². The Kier molecular flexibility index (Phi) is 11.3. The van der Waals surface area contributed by atoms with Gasteiger partial charge in [0.2, 0.25) is 0 Å². The molecule has 0 spiro atoms. The van der Waals surface area contributed by atoms with Crippen LogP contribution < -0.4 is 20.3 Å². The third kappa shape index (κ3) is 7.98. The van der Waals surface area contributed by atoms with Gasteiger partial charge in [0.05, 0.1) is 19.3 Å². The molecule has 0 radical (unpaired) electrons. The van der Waals surface area contributed by atoms with E-state index in [0.29, 0.717) is 19.7 Å². The Labute approximate surface area is 208 Å². The van der Waals surface area contributed by atoms with Crippen molar-refractivity contribution >= 4 is 35.8 Å². The number of nitrogens with zero attached hydrogens (tertiary/aromatic N) is 3. The van der Waals surface area contributed by atoms with Gasteiger partial charge in [-0.2, -0.15) is 0 Å². The largest absolute Gasteiger partial charge is 0.489 e. The lowest BCUT2D eigenvalue weighted by atomic mass is 10.2. The first-order valence-electron chi connectivity index (χ1n) is 10.8. The number of aliphatic imine (C=N–C) groups is 1.